The van der Waals surface area contributed by atoms with Gasteiger partial charge in [0.2, 0.25) is 0 Å². The first-order chi connectivity index (χ1) is 13.6. The summed E-state index contributed by atoms with van der Waals surface area (Å²) in [6.45, 7) is 0.801. The van der Waals surface area contributed by atoms with Crippen molar-refractivity contribution in [1.29, 1.82) is 5.26 Å². The average Bonchev–Trinajstić information content (AvgIpc) is 2.73. The van der Waals surface area contributed by atoms with Crippen LogP contribution in [0.4, 0.5) is 17.3 Å². The normalized spacial score (nSPS) is 14.2. The molecule has 0 atom stereocenters. The van der Waals surface area contributed by atoms with Gasteiger partial charge < -0.3 is 15.5 Å². The summed E-state index contributed by atoms with van der Waals surface area (Å²) in [6, 6.07) is 3.68. The number of nitrogens with one attached hydrogen (secondary N) is 2. The fourth-order valence-corrected chi connectivity index (χ4v) is 3.18. The van der Waals surface area contributed by atoms with E-state index in [9.17, 15) is 4.79 Å². The van der Waals surface area contributed by atoms with E-state index in [0.717, 1.165) is 6.54 Å². The summed E-state index contributed by atoms with van der Waals surface area (Å²) >= 11 is 0. The molecule has 0 aliphatic heterocycles. The van der Waals surface area contributed by atoms with E-state index in [4.69, 9.17) is 5.26 Å². The van der Waals surface area contributed by atoms with Crippen molar-refractivity contribution in [1.82, 2.24) is 25.1 Å². The minimum atomic E-state index is -0.205. The average molecular weight is 380 g/mol. The fraction of sp³-hybridized carbons (Fsp3) is 0.474. The zero-order valence-electron chi connectivity index (χ0n) is 16.1. The molecule has 0 unspecified atom stereocenters. The molecule has 1 aliphatic rings. The molecule has 1 aliphatic carbocycles. The number of rotatable bonds is 6. The summed E-state index contributed by atoms with van der Waals surface area (Å²) in [5.74, 6) is 1.28. The molecule has 1 fully saturated rings. The molecule has 0 aromatic carbocycles. The monoisotopic (exact) mass is 380 g/mol. The van der Waals surface area contributed by atoms with Crippen LogP contribution in [0.2, 0.25) is 0 Å². The first-order valence-corrected chi connectivity index (χ1v) is 9.39. The summed E-state index contributed by atoms with van der Waals surface area (Å²) in [4.78, 5) is 22.0. The van der Waals surface area contributed by atoms with Crippen LogP contribution < -0.4 is 10.6 Å². The highest BCUT2D eigenvalue weighted by molar-refractivity contribution is 5.97. The van der Waals surface area contributed by atoms with Crippen LogP contribution in [-0.4, -0.2) is 51.6 Å². The molecule has 2 aromatic heterocycles. The standard InChI is InChI=1S/C19H24N8O/c1-27(2)19(28)18-15(22-10-13-6-4-3-5-7-13)8-16(25-26-18)24-17-12-21-14(9-20)11-23-17/h8,11-13H,3-7,10H2,1-2H3,(H2,22,23,24,25). The van der Waals surface area contributed by atoms with E-state index < -0.39 is 0 Å². The Kier molecular flexibility index (Phi) is 6.32. The number of aromatic nitrogens is 4. The van der Waals surface area contributed by atoms with Gasteiger partial charge in [-0.15, -0.1) is 10.2 Å². The molecule has 0 spiro atoms. The lowest BCUT2D eigenvalue weighted by Gasteiger charge is -2.23. The molecule has 2 N–H and O–H groups in total. The van der Waals surface area contributed by atoms with Crippen LogP contribution in [0.25, 0.3) is 0 Å². The number of hydrogen-bond acceptors (Lipinski definition) is 8. The maximum Gasteiger partial charge on any atom is 0.276 e. The second-order valence-corrected chi connectivity index (χ2v) is 7.10. The largest absolute Gasteiger partial charge is 0.383 e. The summed E-state index contributed by atoms with van der Waals surface area (Å²) in [5, 5.41) is 23.4. The Morgan fingerprint density at radius 3 is 2.61 bits per heavy atom. The van der Waals surface area contributed by atoms with E-state index in [2.05, 4.69) is 30.8 Å². The van der Waals surface area contributed by atoms with E-state index in [0.29, 0.717) is 23.2 Å². The lowest BCUT2D eigenvalue weighted by Crippen LogP contribution is -2.26. The number of nitriles is 1. The van der Waals surface area contributed by atoms with Crippen molar-refractivity contribution in [3.05, 3.63) is 29.8 Å². The molecular weight excluding hydrogens is 356 g/mol. The van der Waals surface area contributed by atoms with Crippen molar-refractivity contribution in [3.8, 4) is 6.07 Å². The van der Waals surface area contributed by atoms with E-state index in [-0.39, 0.29) is 17.3 Å². The molecule has 2 aromatic rings. The Morgan fingerprint density at radius 2 is 1.96 bits per heavy atom. The lowest BCUT2D eigenvalue weighted by atomic mass is 9.89. The van der Waals surface area contributed by atoms with Crippen molar-refractivity contribution >= 4 is 23.2 Å². The zero-order chi connectivity index (χ0) is 19.9. The highest BCUT2D eigenvalue weighted by Crippen LogP contribution is 2.25. The van der Waals surface area contributed by atoms with Crippen molar-refractivity contribution in [2.24, 2.45) is 5.92 Å². The van der Waals surface area contributed by atoms with E-state index in [1.807, 2.05) is 6.07 Å². The third-order valence-electron chi connectivity index (χ3n) is 4.73. The van der Waals surface area contributed by atoms with Crippen molar-refractivity contribution in [2.75, 3.05) is 31.3 Å². The Balaban J connectivity index is 1.79. The smallest absolute Gasteiger partial charge is 0.276 e. The van der Waals surface area contributed by atoms with Crippen LogP contribution in [0.5, 0.6) is 0 Å². The second kappa shape index (κ2) is 9.08. The van der Waals surface area contributed by atoms with Crippen LogP contribution in [0, 0.1) is 17.2 Å². The first-order valence-electron chi connectivity index (χ1n) is 9.39. The number of carbonyl (C=O) groups is 1. The summed E-state index contributed by atoms with van der Waals surface area (Å²) in [5.41, 5.74) is 1.17. The lowest BCUT2D eigenvalue weighted by molar-refractivity contribution is 0.0822. The first kappa shape index (κ1) is 19.5. The Labute approximate surface area is 164 Å². The molecule has 146 valence electrons. The van der Waals surface area contributed by atoms with Crippen LogP contribution in [0.15, 0.2) is 18.5 Å². The molecule has 3 rings (SSSR count). The van der Waals surface area contributed by atoms with Gasteiger partial charge in [0.05, 0.1) is 18.1 Å². The minimum Gasteiger partial charge on any atom is -0.383 e. The zero-order valence-corrected chi connectivity index (χ0v) is 16.1. The quantitative estimate of drug-likeness (QED) is 0.784. The Morgan fingerprint density at radius 1 is 1.18 bits per heavy atom. The van der Waals surface area contributed by atoms with Crippen molar-refractivity contribution in [2.45, 2.75) is 32.1 Å². The third-order valence-corrected chi connectivity index (χ3v) is 4.73. The molecule has 0 bridgehead atoms. The van der Waals surface area contributed by atoms with Gasteiger partial charge in [-0.05, 0) is 18.8 Å². The van der Waals surface area contributed by atoms with Crippen LogP contribution in [-0.2, 0) is 0 Å². The van der Waals surface area contributed by atoms with Crippen LogP contribution in [0.3, 0.4) is 0 Å². The maximum atomic E-state index is 12.5. The number of amides is 1. The van der Waals surface area contributed by atoms with Gasteiger partial charge in [-0.1, -0.05) is 19.3 Å². The van der Waals surface area contributed by atoms with Gasteiger partial charge in [-0.2, -0.15) is 5.26 Å². The number of nitrogens with zero attached hydrogens (tertiary/aromatic N) is 6. The predicted molar refractivity (Wildman–Crippen MR) is 105 cm³/mol. The molecular formula is C19H24N8O. The molecule has 9 nitrogen and oxygen atoms in total. The van der Waals surface area contributed by atoms with Gasteiger partial charge in [-0.25, -0.2) is 9.97 Å². The number of hydrogen-bond donors (Lipinski definition) is 2. The molecule has 1 saturated carbocycles. The van der Waals surface area contributed by atoms with E-state index >= 15 is 0 Å². The summed E-state index contributed by atoms with van der Waals surface area (Å²) in [7, 11) is 3.38. The molecule has 1 amide bonds. The maximum absolute atomic E-state index is 12.5. The number of carbonyl (C=O) groups excluding carboxylic acids is 1. The second-order valence-electron chi connectivity index (χ2n) is 7.10. The number of anilines is 3. The molecule has 0 radical (unpaired) electrons. The summed E-state index contributed by atoms with van der Waals surface area (Å²) in [6.07, 6.45) is 9.06. The topological polar surface area (TPSA) is 120 Å². The van der Waals surface area contributed by atoms with Gasteiger partial charge in [0, 0.05) is 26.7 Å². The van der Waals surface area contributed by atoms with Gasteiger partial charge in [-0.3, -0.25) is 4.79 Å². The molecule has 9 heteroatoms. The van der Waals surface area contributed by atoms with Gasteiger partial charge in [0.15, 0.2) is 17.2 Å². The minimum absolute atomic E-state index is 0.205. The van der Waals surface area contributed by atoms with Gasteiger partial charge >= 0.3 is 0 Å². The highest BCUT2D eigenvalue weighted by atomic mass is 16.2. The van der Waals surface area contributed by atoms with Crippen LogP contribution >= 0.6 is 0 Å². The third kappa shape index (κ3) is 4.91. The SMILES string of the molecule is CN(C)C(=O)c1nnc(Nc2cnc(C#N)cn2)cc1NCC1CCCCC1. The Hall–Kier alpha value is -3.28. The molecule has 0 saturated heterocycles. The van der Waals surface area contributed by atoms with Crippen molar-refractivity contribution in [3.63, 3.8) is 0 Å². The molecule has 28 heavy (non-hydrogen) atoms. The fourth-order valence-electron chi connectivity index (χ4n) is 3.18. The Bertz CT molecular complexity index is 853. The highest BCUT2D eigenvalue weighted by Gasteiger charge is 2.19. The van der Waals surface area contributed by atoms with Gasteiger partial charge in [0.25, 0.3) is 5.91 Å². The van der Waals surface area contributed by atoms with E-state index in [1.165, 1.54) is 49.4 Å². The predicted octanol–water partition coefficient (Wildman–Crippen LogP) is 2.58. The van der Waals surface area contributed by atoms with Crippen molar-refractivity contribution < 1.29 is 4.79 Å². The summed E-state index contributed by atoms with van der Waals surface area (Å²) < 4.78 is 0. The van der Waals surface area contributed by atoms with E-state index in [1.54, 1.807) is 20.2 Å². The van der Waals surface area contributed by atoms with Gasteiger partial charge in [0.1, 0.15) is 11.9 Å². The molecule has 2 heterocycles. The van der Waals surface area contributed by atoms with Crippen LogP contribution in [0.1, 0.15) is 48.3 Å².